The van der Waals surface area contributed by atoms with Gasteiger partial charge in [-0.2, -0.15) is 0 Å². The number of carbonyl (C=O) groups excluding carboxylic acids is 2. The number of halogens is 2. The first-order valence-electron chi connectivity index (χ1n) is 10.2. The van der Waals surface area contributed by atoms with E-state index < -0.39 is 0 Å². The lowest BCUT2D eigenvalue weighted by Gasteiger charge is -2.34. The van der Waals surface area contributed by atoms with E-state index in [9.17, 15) is 9.59 Å². The Bertz CT molecular complexity index is 968. The smallest absolute Gasteiger partial charge is 0.253 e. The van der Waals surface area contributed by atoms with E-state index >= 15 is 0 Å². The standard InChI is InChI=1S/C23H29Cl2N3O2/c1-15-12-18(16(2)28(15)23(3,4)5)21(29)14-26-8-10-27(11-9-26)22(30)17-6-7-19(24)20(25)13-17/h6-7,12-13H,8-11,14H2,1-5H3. The van der Waals surface area contributed by atoms with E-state index in [-0.39, 0.29) is 17.2 Å². The minimum Gasteiger partial charge on any atom is -0.343 e. The lowest BCUT2D eigenvalue weighted by atomic mass is 10.1. The number of Topliss-reactive ketones (excluding diaryl/α,β-unsaturated/α-hetero) is 1. The van der Waals surface area contributed by atoms with Crippen LogP contribution in [0.25, 0.3) is 0 Å². The third-order valence-electron chi connectivity index (χ3n) is 5.60. The van der Waals surface area contributed by atoms with Gasteiger partial charge in [-0.05, 0) is 58.9 Å². The average molecular weight is 450 g/mol. The van der Waals surface area contributed by atoms with E-state index in [4.69, 9.17) is 23.2 Å². The number of aryl methyl sites for hydroxylation is 1. The molecule has 1 aromatic heterocycles. The maximum Gasteiger partial charge on any atom is 0.253 e. The molecule has 2 heterocycles. The van der Waals surface area contributed by atoms with E-state index in [1.54, 1.807) is 23.1 Å². The van der Waals surface area contributed by atoms with Crippen LogP contribution in [0.4, 0.5) is 0 Å². The molecule has 1 amide bonds. The molecule has 162 valence electrons. The molecule has 1 saturated heterocycles. The molecule has 3 rings (SSSR count). The van der Waals surface area contributed by atoms with E-state index in [1.807, 2.05) is 19.9 Å². The van der Waals surface area contributed by atoms with Gasteiger partial charge in [-0.15, -0.1) is 0 Å². The minimum absolute atomic E-state index is 0.0618. The predicted octanol–water partition coefficient (Wildman–Crippen LogP) is 4.81. The summed E-state index contributed by atoms with van der Waals surface area (Å²) >= 11 is 12.0. The van der Waals surface area contributed by atoms with Crippen molar-refractivity contribution in [2.45, 2.75) is 40.2 Å². The van der Waals surface area contributed by atoms with Gasteiger partial charge in [-0.3, -0.25) is 14.5 Å². The van der Waals surface area contributed by atoms with Crippen LogP contribution in [-0.4, -0.2) is 58.8 Å². The van der Waals surface area contributed by atoms with Gasteiger partial charge in [0.1, 0.15) is 0 Å². The quantitative estimate of drug-likeness (QED) is 0.629. The predicted molar refractivity (Wildman–Crippen MR) is 122 cm³/mol. The molecule has 1 fully saturated rings. The minimum atomic E-state index is -0.0662. The Kier molecular flexibility index (Phi) is 6.66. The summed E-state index contributed by atoms with van der Waals surface area (Å²) in [7, 11) is 0. The Morgan fingerprint density at radius 3 is 2.13 bits per heavy atom. The lowest BCUT2D eigenvalue weighted by molar-refractivity contribution is 0.0624. The maximum absolute atomic E-state index is 13.0. The van der Waals surface area contributed by atoms with Gasteiger partial charge in [0, 0.05) is 54.2 Å². The van der Waals surface area contributed by atoms with Crippen molar-refractivity contribution in [2.75, 3.05) is 32.7 Å². The fourth-order valence-corrected chi connectivity index (χ4v) is 4.58. The summed E-state index contributed by atoms with van der Waals surface area (Å²) in [6.45, 7) is 13.3. The molecule has 0 aliphatic carbocycles. The molecule has 0 bridgehead atoms. The van der Waals surface area contributed by atoms with Crippen molar-refractivity contribution in [3.63, 3.8) is 0 Å². The van der Waals surface area contributed by atoms with Crippen LogP contribution < -0.4 is 0 Å². The highest BCUT2D eigenvalue weighted by atomic mass is 35.5. The number of benzene rings is 1. The molecular weight excluding hydrogens is 421 g/mol. The van der Waals surface area contributed by atoms with Crippen molar-refractivity contribution < 1.29 is 9.59 Å². The number of aromatic nitrogens is 1. The van der Waals surface area contributed by atoms with Crippen molar-refractivity contribution in [1.82, 2.24) is 14.4 Å². The average Bonchev–Trinajstić information content (AvgIpc) is 2.98. The Morgan fingerprint density at radius 2 is 1.60 bits per heavy atom. The van der Waals surface area contributed by atoms with Crippen molar-refractivity contribution in [1.29, 1.82) is 0 Å². The van der Waals surface area contributed by atoms with Gasteiger partial charge in [0.15, 0.2) is 5.78 Å². The molecule has 7 heteroatoms. The van der Waals surface area contributed by atoms with E-state index in [0.717, 1.165) is 17.0 Å². The maximum atomic E-state index is 13.0. The summed E-state index contributed by atoms with van der Waals surface area (Å²) in [5, 5.41) is 0.807. The summed E-state index contributed by atoms with van der Waals surface area (Å²) in [6, 6.07) is 6.93. The molecule has 1 aliphatic rings. The van der Waals surface area contributed by atoms with Crippen LogP contribution in [0.3, 0.4) is 0 Å². The number of hydrogen-bond donors (Lipinski definition) is 0. The molecule has 1 aromatic carbocycles. The number of hydrogen-bond acceptors (Lipinski definition) is 3. The van der Waals surface area contributed by atoms with Crippen LogP contribution in [0, 0.1) is 13.8 Å². The second-order valence-corrected chi connectivity index (χ2v) is 9.73. The highest BCUT2D eigenvalue weighted by Gasteiger charge is 2.26. The van der Waals surface area contributed by atoms with Gasteiger partial charge in [0.05, 0.1) is 16.6 Å². The molecule has 0 N–H and O–H groups in total. The van der Waals surface area contributed by atoms with Crippen molar-refractivity contribution in [2.24, 2.45) is 0 Å². The molecule has 0 atom stereocenters. The highest BCUT2D eigenvalue weighted by molar-refractivity contribution is 6.42. The SMILES string of the molecule is Cc1cc(C(=O)CN2CCN(C(=O)c3ccc(Cl)c(Cl)c3)CC2)c(C)n1C(C)(C)C. The largest absolute Gasteiger partial charge is 0.343 e. The monoisotopic (exact) mass is 449 g/mol. The summed E-state index contributed by atoms with van der Waals surface area (Å²) in [5.41, 5.74) is 3.36. The van der Waals surface area contributed by atoms with Crippen LogP contribution in [0.15, 0.2) is 24.3 Å². The summed E-state index contributed by atoms with van der Waals surface area (Å²) in [4.78, 5) is 29.6. The van der Waals surface area contributed by atoms with Crippen molar-refractivity contribution in [3.8, 4) is 0 Å². The first kappa shape index (κ1) is 22.9. The number of ketones is 1. The fraction of sp³-hybridized carbons (Fsp3) is 0.478. The normalized spacial score (nSPS) is 15.5. The topological polar surface area (TPSA) is 45.6 Å². The Balaban J connectivity index is 1.61. The van der Waals surface area contributed by atoms with E-state index in [0.29, 0.717) is 48.3 Å². The Morgan fingerprint density at radius 1 is 0.967 bits per heavy atom. The molecule has 0 saturated carbocycles. The Labute approximate surface area is 188 Å². The second-order valence-electron chi connectivity index (χ2n) is 8.91. The molecule has 5 nitrogen and oxygen atoms in total. The first-order valence-corrected chi connectivity index (χ1v) is 10.9. The first-order chi connectivity index (χ1) is 14.0. The lowest BCUT2D eigenvalue weighted by Crippen LogP contribution is -2.49. The second kappa shape index (κ2) is 8.74. The zero-order valence-corrected chi connectivity index (χ0v) is 19.8. The molecule has 0 radical (unpaired) electrons. The number of piperazine rings is 1. The number of amides is 1. The van der Waals surface area contributed by atoms with Gasteiger partial charge in [-0.25, -0.2) is 0 Å². The molecular formula is C23H29Cl2N3O2. The highest BCUT2D eigenvalue weighted by Crippen LogP contribution is 2.26. The van der Waals surface area contributed by atoms with Crippen molar-refractivity contribution in [3.05, 3.63) is 56.8 Å². The fourth-order valence-electron chi connectivity index (χ4n) is 4.29. The van der Waals surface area contributed by atoms with Crippen LogP contribution in [0.5, 0.6) is 0 Å². The Hall–Kier alpha value is -1.82. The zero-order chi connectivity index (χ0) is 22.2. The van der Waals surface area contributed by atoms with E-state index in [2.05, 4.69) is 30.2 Å². The van der Waals surface area contributed by atoms with Gasteiger partial charge in [-0.1, -0.05) is 23.2 Å². The third-order valence-corrected chi connectivity index (χ3v) is 6.33. The van der Waals surface area contributed by atoms with Gasteiger partial charge in [0.2, 0.25) is 0 Å². The molecule has 0 unspecified atom stereocenters. The van der Waals surface area contributed by atoms with Crippen LogP contribution in [0.1, 0.15) is 52.9 Å². The van der Waals surface area contributed by atoms with Crippen LogP contribution in [0.2, 0.25) is 10.0 Å². The number of carbonyl (C=O) groups is 2. The number of nitrogens with zero attached hydrogens (tertiary/aromatic N) is 3. The molecule has 2 aromatic rings. The molecule has 30 heavy (non-hydrogen) atoms. The van der Waals surface area contributed by atoms with Gasteiger partial charge >= 0.3 is 0 Å². The van der Waals surface area contributed by atoms with Gasteiger partial charge < -0.3 is 9.47 Å². The summed E-state index contributed by atoms with van der Waals surface area (Å²) < 4.78 is 2.22. The summed E-state index contributed by atoms with van der Waals surface area (Å²) in [5.74, 6) is 0.0659. The molecule has 1 aliphatic heterocycles. The third kappa shape index (κ3) is 4.74. The zero-order valence-electron chi connectivity index (χ0n) is 18.3. The molecule has 0 spiro atoms. The number of rotatable bonds is 4. The van der Waals surface area contributed by atoms with Gasteiger partial charge in [0.25, 0.3) is 5.91 Å². The van der Waals surface area contributed by atoms with Crippen molar-refractivity contribution >= 4 is 34.9 Å². The van der Waals surface area contributed by atoms with Crippen LogP contribution in [-0.2, 0) is 5.54 Å². The van der Waals surface area contributed by atoms with Crippen LogP contribution >= 0.6 is 23.2 Å². The van der Waals surface area contributed by atoms with E-state index in [1.165, 1.54) is 0 Å². The summed E-state index contributed by atoms with van der Waals surface area (Å²) in [6.07, 6.45) is 0.